The quantitative estimate of drug-likeness (QED) is 0.814. The van der Waals surface area contributed by atoms with Gasteiger partial charge in [0.2, 0.25) is 0 Å². The van der Waals surface area contributed by atoms with Crippen LogP contribution in [-0.2, 0) is 4.74 Å². The number of nitrogens with zero attached hydrogens (tertiary/aromatic N) is 2. The number of hydrogen-bond acceptors (Lipinski definition) is 4. The Morgan fingerprint density at radius 3 is 2.78 bits per heavy atom. The topological polar surface area (TPSA) is 41.7 Å². The van der Waals surface area contributed by atoms with Gasteiger partial charge in [-0.1, -0.05) is 6.92 Å². The standard InChI is InChI=1S/C14H29N3O/c1-3-16-7-8-17(11-13(16)2)14(12-15)5-4-9-18-10-6-14/h13H,3-12,15H2,1-2H3. The van der Waals surface area contributed by atoms with Crippen LogP contribution >= 0.6 is 0 Å². The monoisotopic (exact) mass is 255 g/mol. The van der Waals surface area contributed by atoms with E-state index in [0.717, 1.165) is 52.2 Å². The Hall–Kier alpha value is -0.160. The van der Waals surface area contributed by atoms with Crippen molar-refractivity contribution in [3.05, 3.63) is 0 Å². The van der Waals surface area contributed by atoms with Crippen molar-refractivity contribution in [3.8, 4) is 0 Å². The summed E-state index contributed by atoms with van der Waals surface area (Å²) in [7, 11) is 0. The first kappa shape index (κ1) is 14.3. The van der Waals surface area contributed by atoms with Gasteiger partial charge in [0.1, 0.15) is 0 Å². The third-order valence-corrected chi connectivity index (χ3v) is 4.86. The zero-order valence-corrected chi connectivity index (χ0v) is 12.0. The summed E-state index contributed by atoms with van der Waals surface area (Å²) in [6, 6.07) is 0.649. The summed E-state index contributed by atoms with van der Waals surface area (Å²) in [5.41, 5.74) is 6.34. The predicted molar refractivity (Wildman–Crippen MR) is 74.7 cm³/mol. The van der Waals surface area contributed by atoms with E-state index in [9.17, 15) is 0 Å². The molecule has 2 aliphatic heterocycles. The van der Waals surface area contributed by atoms with Gasteiger partial charge in [-0.15, -0.1) is 0 Å². The molecule has 0 spiro atoms. The van der Waals surface area contributed by atoms with Crippen LogP contribution in [0, 0.1) is 0 Å². The average molecular weight is 255 g/mol. The molecule has 4 nitrogen and oxygen atoms in total. The van der Waals surface area contributed by atoms with Gasteiger partial charge < -0.3 is 10.5 Å². The van der Waals surface area contributed by atoms with E-state index < -0.39 is 0 Å². The van der Waals surface area contributed by atoms with Crippen molar-refractivity contribution in [2.45, 2.75) is 44.7 Å². The van der Waals surface area contributed by atoms with Gasteiger partial charge in [-0.25, -0.2) is 0 Å². The highest BCUT2D eigenvalue weighted by molar-refractivity contribution is 4.96. The lowest BCUT2D eigenvalue weighted by atomic mass is 9.87. The normalized spacial score (nSPS) is 36.5. The molecule has 2 heterocycles. The molecule has 2 rings (SSSR count). The first-order chi connectivity index (χ1) is 8.72. The van der Waals surface area contributed by atoms with Crippen molar-refractivity contribution in [3.63, 3.8) is 0 Å². The van der Waals surface area contributed by atoms with E-state index in [1.165, 1.54) is 13.0 Å². The molecule has 2 saturated heterocycles. The second-order valence-electron chi connectivity index (χ2n) is 5.82. The van der Waals surface area contributed by atoms with Crippen LogP contribution in [0.5, 0.6) is 0 Å². The highest BCUT2D eigenvalue weighted by Crippen LogP contribution is 2.29. The van der Waals surface area contributed by atoms with Crippen LogP contribution in [-0.4, -0.2) is 67.3 Å². The summed E-state index contributed by atoms with van der Waals surface area (Å²) < 4.78 is 5.62. The third kappa shape index (κ3) is 2.87. The molecule has 2 atom stereocenters. The van der Waals surface area contributed by atoms with Crippen molar-refractivity contribution in [1.29, 1.82) is 0 Å². The Morgan fingerprint density at radius 1 is 1.28 bits per heavy atom. The summed E-state index contributed by atoms with van der Waals surface area (Å²) >= 11 is 0. The Morgan fingerprint density at radius 2 is 2.11 bits per heavy atom. The van der Waals surface area contributed by atoms with Crippen molar-refractivity contribution in [1.82, 2.24) is 9.80 Å². The SMILES string of the molecule is CCN1CCN(C2(CN)CCCOCC2)CC1C. The molecule has 0 radical (unpaired) electrons. The Bertz CT molecular complexity index is 251. The molecule has 2 N–H and O–H groups in total. The van der Waals surface area contributed by atoms with Gasteiger partial charge in [0.25, 0.3) is 0 Å². The lowest BCUT2D eigenvalue weighted by molar-refractivity contribution is -0.000668. The largest absolute Gasteiger partial charge is 0.381 e. The molecule has 0 aromatic heterocycles. The second kappa shape index (κ2) is 6.33. The number of likely N-dealkylation sites (N-methyl/N-ethyl adjacent to an activating group) is 1. The first-order valence-electron chi connectivity index (χ1n) is 7.49. The molecular weight excluding hydrogens is 226 g/mol. The van der Waals surface area contributed by atoms with E-state index in [1.807, 2.05) is 0 Å². The molecule has 18 heavy (non-hydrogen) atoms. The van der Waals surface area contributed by atoms with Gasteiger partial charge in [-0.05, 0) is 32.7 Å². The maximum Gasteiger partial charge on any atom is 0.0484 e. The zero-order chi connectivity index (χ0) is 13.0. The number of ether oxygens (including phenoxy) is 1. The summed E-state index contributed by atoms with van der Waals surface area (Å²) in [6.45, 7) is 11.8. The molecule has 0 aliphatic carbocycles. The lowest BCUT2D eigenvalue weighted by Crippen LogP contribution is -2.62. The molecular formula is C14H29N3O. The molecule has 106 valence electrons. The molecule has 0 bridgehead atoms. The van der Waals surface area contributed by atoms with Crippen LogP contribution in [0.2, 0.25) is 0 Å². The van der Waals surface area contributed by atoms with Crippen LogP contribution in [0.1, 0.15) is 33.1 Å². The summed E-state index contributed by atoms with van der Waals surface area (Å²) in [5, 5.41) is 0. The molecule has 2 fully saturated rings. The van der Waals surface area contributed by atoms with E-state index in [0.29, 0.717) is 6.04 Å². The highest BCUT2D eigenvalue weighted by Gasteiger charge is 2.39. The van der Waals surface area contributed by atoms with E-state index in [2.05, 4.69) is 23.6 Å². The van der Waals surface area contributed by atoms with Crippen LogP contribution in [0.4, 0.5) is 0 Å². The predicted octanol–water partition coefficient (Wildman–Crippen LogP) is 0.910. The third-order valence-electron chi connectivity index (χ3n) is 4.86. The van der Waals surface area contributed by atoms with E-state index in [4.69, 9.17) is 10.5 Å². The van der Waals surface area contributed by atoms with Gasteiger partial charge in [0.05, 0.1) is 0 Å². The highest BCUT2D eigenvalue weighted by atomic mass is 16.5. The maximum absolute atomic E-state index is 6.14. The number of piperazine rings is 1. The number of rotatable bonds is 3. The summed E-state index contributed by atoms with van der Waals surface area (Å²) in [4.78, 5) is 5.21. The van der Waals surface area contributed by atoms with Gasteiger partial charge in [0.15, 0.2) is 0 Å². The minimum atomic E-state index is 0.199. The number of nitrogens with two attached hydrogens (primary N) is 1. The minimum Gasteiger partial charge on any atom is -0.381 e. The minimum absolute atomic E-state index is 0.199. The maximum atomic E-state index is 6.14. The molecule has 0 aromatic carbocycles. The smallest absolute Gasteiger partial charge is 0.0484 e. The lowest BCUT2D eigenvalue weighted by Gasteiger charge is -2.49. The first-order valence-corrected chi connectivity index (χ1v) is 7.49. The Labute approximate surface area is 111 Å². The van der Waals surface area contributed by atoms with Crippen molar-refractivity contribution in [2.75, 3.05) is 45.9 Å². The molecule has 0 aromatic rings. The van der Waals surface area contributed by atoms with Crippen molar-refractivity contribution in [2.24, 2.45) is 5.73 Å². The van der Waals surface area contributed by atoms with Crippen molar-refractivity contribution < 1.29 is 4.74 Å². The van der Waals surface area contributed by atoms with Crippen LogP contribution in [0.15, 0.2) is 0 Å². The summed E-state index contributed by atoms with van der Waals surface area (Å²) in [6.07, 6.45) is 3.45. The van der Waals surface area contributed by atoms with Crippen LogP contribution in [0.25, 0.3) is 0 Å². The van der Waals surface area contributed by atoms with Crippen LogP contribution < -0.4 is 5.73 Å². The van der Waals surface area contributed by atoms with Gasteiger partial charge in [-0.2, -0.15) is 0 Å². The van der Waals surface area contributed by atoms with E-state index >= 15 is 0 Å². The zero-order valence-electron chi connectivity index (χ0n) is 12.0. The van der Waals surface area contributed by atoms with Crippen LogP contribution in [0.3, 0.4) is 0 Å². The number of hydrogen-bond donors (Lipinski definition) is 1. The fourth-order valence-electron chi connectivity index (χ4n) is 3.54. The van der Waals surface area contributed by atoms with Gasteiger partial charge in [0, 0.05) is 51.0 Å². The van der Waals surface area contributed by atoms with E-state index in [1.54, 1.807) is 0 Å². The van der Waals surface area contributed by atoms with E-state index in [-0.39, 0.29) is 5.54 Å². The fraction of sp³-hybridized carbons (Fsp3) is 1.00. The molecule has 2 unspecified atom stereocenters. The molecule has 0 amide bonds. The fourth-order valence-corrected chi connectivity index (χ4v) is 3.54. The Balaban J connectivity index is 2.03. The Kier molecular flexibility index (Phi) is 5.01. The molecule has 0 saturated carbocycles. The summed E-state index contributed by atoms with van der Waals surface area (Å²) in [5.74, 6) is 0. The molecule has 2 aliphatic rings. The average Bonchev–Trinajstić information content (AvgIpc) is 2.65. The van der Waals surface area contributed by atoms with Crippen molar-refractivity contribution >= 4 is 0 Å². The van der Waals surface area contributed by atoms with Gasteiger partial charge >= 0.3 is 0 Å². The van der Waals surface area contributed by atoms with Gasteiger partial charge in [-0.3, -0.25) is 9.80 Å². The second-order valence-corrected chi connectivity index (χ2v) is 5.82. The molecule has 4 heteroatoms.